The molecule has 0 spiro atoms. The van der Waals surface area contributed by atoms with Crippen LogP contribution < -0.4 is 4.90 Å². The number of carbonyl (C=O) groups is 1. The smallest absolute Gasteiger partial charge is 0.233 e. The van der Waals surface area contributed by atoms with Crippen molar-refractivity contribution in [1.29, 1.82) is 0 Å². The van der Waals surface area contributed by atoms with Crippen molar-refractivity contribution in [2.24, 2.45) is 5.92 Å². The number of piperazine rings is 1. The molecule has 2 aliphatic rings. The number of benzene rings is 1. The third-order valence-corrected chi connectivity index (χ3v) is 7.49. The number of amides is 1. The van der Waals surface area contributed by atoms with Gasteiger partial charge < -0.3 is 14.7 Å². The zero-order valence-electron chi connectivity index (χ0n) is 18.8. The van der Waals surface area contributed by atoms with Gasteiger partial charge in [0.2, 0.25) is 5.91 Å². The monoisotopic (exact) mass is 473 g/mol. The third kappa shape index (κ3) is 6.36. The van der Waals surface area contributed by atoms with Gasteiger partial charge in [-0.3, -0.25) is 4.79 Å². The molecule has 2 aliphatic heterocycles. The summed E-state index contributed by atoms with van der Waals surface area (Å²) in [6.07, 6.45) is 3.41. The van der Waals surface area contributed by atoms with E-state index in [4.69, 9.17) is 16.6 Å². The van der Waals surface area contributed by atoms with Crippen molar-refractivity contribution in [3.8, 4) is 0 Å². The molecule has 0 saturated carbocycles. The number of aromatic nitrogens is 2. The predicted molar refractivity (Wildman–Crippen MR) is 132 cm³/mol. The zero-order chi connectivity index (χ0) is 22.3. The summed E-state index contributed by atoms with van der Waals surface area (Å²) in [5, 5.41) is 1.02. The summed E-state index contributed by atoms with van der Waals surface area (Å²) < 4.78 is 0. The highest BCUT2D eigenvalue weighted by molar-refractivity contribution is 7.99. The van der Waals surface area contributed by atoms with E-state index in [9.17, 15) is 4.79 Å². The Kier molecular flexibility index (Phi) is 8.27. The summed E-state index contributed by atoms with van der Waals surface area (Å²) in [5.41, 5.74) is 1.41. The topological polar surface area (TPSA) is 52.6 Å². The molecular formula is C24H32ClN5OS. The molecule has 0 bridgehead atoms. The van der Waals surface area contributed by atoms with Gasteiger partial charge in [-0.1, -0.05) is 60.6 Å². The van der Waals surface area contributed by atoms with E-state index < -0.39 is 0 Å². The van der Waals surface area contributed by atoms with Crippen molar-refractivity contribution >= 4 is 35.1 Å². The SMILES string of the molecule is CCN1CCN(C(=O)CSc2nc(Cl)cc(N3CCC(Cc4ccccc4)CC3)n2)CC1. The largest absolute Gasteiger partial charge is 0.356 e. The van der Waals surface area contributed by atoms with Gasteiger partial charge in [-0.05, 0) is 37.3 Å². The van der Waals surface area contributed by atoms with Crippen molar-refractivity contribution < 1.29 is 4.79 Å². The van der Waals surface area contributed by atoms with Crippen LogP contribution in [0, 0.1) is 5.92 Å². The van der Waals surface area contributed by atoms with E-state index in [1.165, 1.54) is 17.3 Å². The number of likely N-dealkylation sites (N-methyl/N-ethyl adjacent to an activating group) is 1. The lowest BCUT2D eigenvalue weighted by Crippen LogP contribution is -2.49. The first-order chi connectivity index (χ1) is 15.6. The molecule has 32 heavy (non-hydrogen) atoms. The highest BCUT2D eigenvalue weighted by Crippen LogP contribution is 2.27. The van der Waals surface area contributed by atoms with Crippen molar-refractivity contribution in [1.82, 2.24) is 19.8 Å². The molecule has 0 atom stereocenters. The number of hydrogen-bond acceptors (Lipinski definition) is 6. The van der Waals surface area contributed by atoms with E-state index in [0.29, 0.717) is 22.0 Å². The summed E-state index contributed by atoms with van der Waals surface area (Å²) in [7, 11) is 0. The van der Waals surface area contributed by atoms with Crippen LogP contribution in [0.5, 0.6) is 0 Å². The maximum Gasteiger partial charge on any atom is 0.233 e. The first-order valence-electron chi connectivity index (χ1n) is 11.6. The first kappa shape index (κ1) is 23.3. The standard InChI is InChI=1S/C24H32ClN5OS/c1-2-28-12-14-30(15-13-28)23(31)18-32-24-26-21(25)17-22(27-24)29-10-8-20(9-11-29)16-19-6-4-3-5-7-19/h3-7,17,20H,2,8-16,18H2,1H3. The number of anilines is 1. The Morgan fingerprint density at radius 3 is 2.47 bits per heavy atom. The van der Waals surface area contributed by atoms with Gasteiger partial charge in [0.15, 0.2) is 5.16 Å². The van der Waals surface area contributed by atoms with E-state index in [2.05, 4.69) is 52.0 Å². The Morgan fingerprint density at radius 1 is 1.06 bits per heavy atom. The van der Waals surface area contributed by atoms with Gasteiger partial charge in [-0.25, -0.2) is 9.97 Å². The molecule has 6 nitrogen and oxygen atoms in total. The molecule has 2 aromatic rings. The second kappa shape index (κ2) is 11.3. The number of halogens is 1. The Hall–Kier alpha value is -1.83. The summed E-state index contributed by atoms with van der Waals surface area (Å²) in [4.78, 5) is 28.3. The molecule has 2 saturated heterocycles. The van der Waals surface area contributed by atoms with E-state index >= 15 is 0 Å². The quantitative estimate of drug-likeness (QED) is 0.346. The molecule has 0 radical (unpaired) electrons. The normalized spacial score (nSPS) is 18.2. The molecule has 3 heterocycles. The van der Waals surface area contributed by atoms with Crippen LogP contribution in [0.4, 0.5) is 5.82 Å². The molecule has 0 aliphatic carbocycles. The molecular weight excluding hydrogens is 442 g/mol. The van der Waals surface area contributed by atoms with Crippen molar-refractivity contribution in [2.75, 3.05) is 56.5 Å². The van der Waals surface area contributed by atoms with Crippen LogP contribution in [0.1, 0.15) is 25.3 Å². The van der Waals surface area contributed by atoms with E-state index in [1.54, 1.807) is 0 Å². The molecule has 8 heteroatoms. The van der Waals surface area contributed by atoms with Crippen LogP contribution >= 0.6 is 23.4 Å². The van der Waals surface area contributed by atoms with Crippen molar-refractivity contribution in [3.05, 3.63) is 47.1 Å². The van der Waals surface area contributed by atoms with Crippen LogP contribution in [0.15, 0.2) is 41.6 Å². The number of carbonyl (C=O) groups excluding carboxylic acids is 1. The highest BCUT2D eigenvalue weighted by Gasteiger charge is 2.23. The Morgan fingerprint density at radius 2 is 1.78 bits per heavy atom. The molecule has 1 aromatic carbocycles. The third-order valence-electron chi connectivity index (χ3n) is 6.46. The fraction of sp³-hybridized carbons (Fsp3) is 0.542. The fourth-order valence-corrected chi connectivity index (χ4v) is 5.44. The van der Waals surface area contributed by atoms with Crippen LogP contribution in [0.3, 0.4) is 0 Å². The number of nitrogens with zero attached hydrogens (tertiary/aromatic N) is 5. The summed E-state index contributed by atoms with van der Waals surface area (Å²) >= 11 is 7.69. The summed E-state index contributed by atoms with van der Waals surface area (Å²) in [6, 6.07) is 12.6. The van der Waals surface area contributed by atoms with Crippen LogP contribution in [0.2, 0.25) is 5.15 Å². The maximum atomic E-state index is 12.6. The fourth-order valence-electron chi connectivity index (χ4n) is 4.46. The van der Waals surface area contributed by atoms with Gasteiger partial charge >= 0.3 is 0 Å². The number of thioether (sulfide) groups is 1. The lowest BCUT2D eigenvalue weighted by atomic mass is 9.90. The van der Waals surface area contributed by atoms with Gasteiger partial charge in [0.05, 0.1) is 5.75 Å². The Bertz CT molecular complexity index is 883. The highest BCUT2D eigenvalue weighted by atomic mass is 35.5. The first-order valence-corrected chi connectivity index (χ1v) is 12.9. The lowest BCUT2D eigenvalue weighted by molar-refractivity contribution is -0.130. The zero-order valence-corrected chi connectivity index (χ0v) is 20.3. The number of piperidine rings is 1. The van der Waals surface area contributed by atoms with Gasteiger partial charge in [-0.2, -0.15) is 0 Å². The minimum Gasteiger partial charge on any atom is -0.356 e. The van der Waals surface area contributed by atoms with Gasteiger partial charge in [0.25, 0.3) is 0 Å². The van der Waals surface area contributed by atoms with Gasteiger partial charge in [0.1, 0.15) is 11.0 Å². The second-order valence-corrected chi connectivity index (χ2v) is 9.89. The number of rotatable bonds is 7. The molecule has 1 amide bonds. The van der Waals surface area contributed by atoms with Gasteiger partial charge in [0, 0.05) is 45.3 Å². The van der Waals surface area contributed by atoms with Crippen LogP contribution in [-0.2, 0) is 11.2 Å². The summed E-state index contributed by atoms with van der Waals surface area (Å²) in [5.74, 6) is 2.07. The molecule has 0 unspecified atom stereocenters. The van der Waals surface area contributed by atoms with Crippen molar-refractivity contribution in [3.63, 3.8) is 0 Å². The van der Waals surface area contributed by atoms with E-state index in [-0.39, 0.29) is 5.91 Å². The molecule has 4 rings (SSSR count). The Labute approximate surface area is 200 Å². The minimum atomic E-state index is 0.151. The molecule has 1 aromatic heterocycles. The molecule has 2 fully saturated rings. The van der Waals surface area contributed by atoms with Crippen LogP contribution in [-0.4, -0.2) is 77.2 Å². The molecule has 0 N–H and O–H groups in total. The van der Waals surface area contributed by atoms with E-state index in [0.717, 1.165) is 70.9 Å². The predicted octanol–water partition coefficient (Wildman–Crippen LogP) is 3.85. The lowest BCUT2D eigenvalue weighted by Gasteiger charge is -2.34. The average molecular weight is 474 g/mol. The van der Waals surface area contributed by atoms with Crippen molar-refractivity contribution in [2.45, 2.75) is 31.3 Å². The molecule has 172 valence electrons. The second-order valence-electron chi connectivity index (χ2n) is 8.56. The van der Waals surface area contributed by atoms with Gasteiger partial charge in [-0.15, -0.1) is 0 Å². The summed E-state index contributed by atoms with van der Waals surface area (Å²) in [6.45, 7) is 8.63. The number of hydrogen-bond donors (Lipinski definition) is 0. The maximum absolute atomic E-state index is 12.6. The minimum absolute atomic E-state index is 0.151. The average Bonchev–Trinajstić information content (AvgIpc) is 2.83. The Balaban J connectivity index is 1.29. The van der Waals surface area contributed by atoms with Crippen LogP contribution in [0.25, 0.3) is 0 Å². The van der Waals surface area contributed by atoms with E-state index in [1.807, 2.05) is 11.0 Å².